The summed E-state index contributed by atoms with van der Waals surface area (Å²) in [7, 11) is 2.05. The summed E-state index contributed by atoms with van der Waals surface area (Å²) >= 11 is 5.71. The van der Waals surface area contributed by atoms with Gasteiger partial charge in [0.1, 0.15) is 0 Å². The van der Waals surface area contributed by atoms with Crippen LogP contribution in [-0.4, -0.2) is 36.9 Å². The van der Waals surface area contributed by atoms with Crippen LogP contribution in [0.4, 0.5) is 5.82 Å². The van der Waals surface area contributed by atoms with Gasteiger partial charge in [0, 0.05) is 13.6 Å². The molecule has 0 aliphatic carbocycles. The first-order valence-corrected chi connectivity index (χ1v) is 6.04. The molecular weight excluding hydrogens is 224 g/mol. The van der Waals surface area contributed by atoms with Gasteiger partial charge in [-0.15, -0.1) is 10.2 Å². The molecule has 88 valence electrons. The lowest BCUT2D eigenvalue weighted by Gasteiger charge is -2.27. The Kier molecular flexibility index (Phi) is 3.96. The van der Waals surface area contributed by atoms with E-state index in [1.54, 1.807) is 6.07 Å². The molecule has 1 aliphatic heterocycles. The molecule has 0 amide bonds. The van der Waals surface area contributed by atoms with Gasteiger partial charge >= 0.3 is 0 Å². The van der Waals surface area contributed by atoms with Crippen LogP contribution in [0.3, 0.4) is 0 Å². The number of hydrogen-bond acceptors (Lipinski definition) is 4. The highest BCUT2D eigenvalue weighted by Gasteiger charge is 2.15. The van der Waals surface area contributed by atoms with Crippen LogP contribution in [-0.2, 0) is 0 Å². The van der Waals surface area contributed by atoms with E-state index in [4.69, 9.17) is 11.6 Å². The monoisotopic (exact) mass is 240 g/mol. The highest BCUT2D eigenvalue weighted by molar-refractivity contribution is 6.29. The third-order valence-corrected chi connectivity index (χ3v) is 3.14. The van der Waals surface area contributed by atoms with Gasteiger partial charge in [-0.25, -0.2) is 0 Å². The Morgan fingerprint density at radius 2 is 2.38 bits per heavy atom. The summed E-state index contributed by atoms with van der Waals surface area (Å²) in [4.78, 5) is 2.14. The molecule has 1 fully saturated rings. The van der Waals surface area contributed by atoms with E-state index in [-0.39, 0.29) is 0 Å². The molecule has 2 rings (SSSR count). The van der Waals surface area contributed by atoms with Crippen molar-refractivity contribution in [1.29, 1.82) is 0 Å². The number of piperidine rings is 1. The summed E-state index contributed by atoms with van der Waals surface area (Å²) in [6.45, 7) is 3.27. The molecular formula is C11H17ClN4. The number of nitrogens with one attached hydrogen (secondary N) is 1. The van der Waals surface area contributed by atoms with E-state index >= 15 is 0 Å². The van der Waals surface area contributed by atoms with Crippen molar-refractivity contribution in [1.82, 2.24) is 15.5 Å². The fourth-order valence-electron chi connectivity index (χ4n) is 2.07. The molecule has 4 nitrogen and oxygen atoms in total. The zero-order chi connectivity index (χ0) is 11.4. The van der Waals surface area contributed by atoms with Crippen molar-refractivity contribution < 1.29 is 0 Å². The van der Waals surface area contributed by atoms with Crippen LogP contribution >= 0.6 is 11.6 Å². The average Bonchev–Trinajstić information content (AvgIpc) is 2.31. The molecule has 0 spiro atoms. The first kappa shape index (κ1) is 11.6. The topological polar surface area (TPSA) is 41.0 Å². The van der Waals surface area contributed by atoms with E-state index in [1.165, 1.54) is 12.8 Å². The van der Waals surface area contributed by atoms with Gasteiger partial charge < -0.3 is 10.2 Å². The molecule has 1 saturated heterocycles. The minimum atomic E-state index is 0.441. The van der Waals surface area contributed by atoms with E-state index in [0.717, 1.165) is 25.5 Å². The van der Waals surface area contributed by atoms with Crippen molar-refractivity contribution in [2.75, 3.05) is 31.6 Å². The van der Waals surface area contributed by atoms with Gasteiger partial charge in [0.15, 0.2) is 11.0 Å². The van der Waals surface area contributed by atoms with Crippen molar-refractivity contribution in [2.24, 2.45) is 5.92 Å². The van der Waals surface area contributed by atoms with Crippen LogP contribution in [0, 0.1) is 5.92 Å². The van der Waals surface area contributed by atoms with Gasteiger partial charge in [0.25, 0.3) is 0 Å². The van der Waals surface area contributed by atoms with Crippen molar-refractivity contribution in [3.05, 3.63) is 17.3 Å². The predicted molar refractivity (Wildman–Crippen MR) is 65.9 cm³/mol. The Morgan fingerprint density at radius 3 is 3.00 bits per heavy atom. The summed E-state index contributed by atoms with van der Waals surface area (Å²) in [5.74, 6) is 1.59. The fourth-order valence-corrected chi connectivity index (χ4v) is 2.17. The van der Waals surface area contributed by atoms with Gasteiger partial charge in [0.05, 0.1) is 0 Å². The van der Waals surface area contributed by atoms with Crippen molar-refractivity contribution in [3.63, 3.8) is 0 Å². The molecule has 1 N–H and O–H groups in total. The number of aromatic nitrogens is 2. The molecule has 0 aromatic carbocycles. The van der Waals surface area contributed by atoms with Gasteiger partial charge in [0.2, 0.25) is 0 Å². The van der Waals surface area contributed by atoms with Crippen LogP contribution in [0.5, 0.6) is 0 Å². The van der Waals surface area contributed by atoms with E-state index in [1.807, 2.05) is 13.1 Å². The van der Waals surface area contributed by atoms with Crippen LogP contribution in [0.15, 0.2) is 12.1 Å². The number of rotatable bonds is 3. The SMILES string of the molecule is CN(C[C@H]1CCCNC1)c1ccc(Cl)nn1. The van der Waals surface area contributed by atoms with Crippen LogP contribution < -0.4 is 10.2 Å². The zero-order valence-corrected chi connectivity index (χ0v) is 10.2. The van der Waals surface area contributed by atoms with Gasteiger partial charge in [-0.05, 0) is 44.0 Å². The Morgan fingerprint density at radius 1 is 1.50 bits per heavy atom. The van der Waals surface area contributed by atoms with Crippen LogP contribution in [0.1, 0.15) is 12.8 Å². The second-order valence-electron chi connectivity index (χ2n) is 4.31. The van der Waals surface area contributed by atoms with Crippen molar-refractivity contribution >= 4 is 17.4 Å². The number of anilines is 1. The van der Waals surface area contributed by atoms with Crippen molar-refractivity contribution in [2.45, 2.75) is 12.8 Å². The van der Waals surface area contributed by atoms with Gasteiger partial charge in [-0.1, -0.05) is 11.6 Å². The average molecular weight is 241 g/mol. The lowest BCUT2D eigenvalue weighted by molar-refractivity contribution is 0.380. The first-order chi connectivity index (χ1) is 7.75. The van der Waals surface area contributed by atoms with E-state index in [9.17, 15) is 0 Å². The molecule has 0 saturated carbocycles. The Labute approximate surface area is 101 Å². The maximum absolute atomic E-state index is 5.71. The number of halogens is 1. The first-order valence-electron chi connectivity index (χ1n) is 5.67. The second kappa shape index (κ2) is 5.46. The highest BCUT2D eigenvalue weighted by atomic mass is 35.5. The van der Waals surface area contributed by atoms with E-state index < -0.39 is 0 Å². The van der Waals surface area contributed by atoms with Crippen molar-refractivity contribution in [3.8, 4) is 0 Å². The number of hydrogen-bond donors (Lipinski definition) is 1. The smallest absolute Gasteiger partial charge is 0.151 e. The third-order valence-electron chi connectivity index (χ3n) is 2.94. The van der Waals surface area contributed by atoms with E-state index in [0.29, 0.717) is 11.1 Å². The Balaban J connectivity index is 1.91. The van der Waals surface area contributed by atoms with Gasteiger partial charge in [-0.3, -0.25) is 0 Å². The largest absolute Gasteiger partial charge is 0.358 e. The summed E-state index contributed by atoms with van der Waals surface area (Å²) in [6, 6.07) is 3.69. The lowest BCUT2D eigenvalue weighted by atomic mass is 9.99. The third kappa shape index (κ3) is 3.06. The second-order valence-corrected chi connectivity index (χ2v) is 4.69. The maximum Gasteiger partial charge on any atom is 0.151 e. The minimum Gasteiger partial charge on any atom is -0.358 e. The van der Waals surface area contributed by atoms with E-state index in [2.05, 4.69) is 20.4 Å². The molecule has 1 aromatic rings. The normalized spacial score (nSPS) is 20.8. The molecule has 1 aliphatic rings. The molecule has 5 heteroatoms. The predicted octanol–water partition coefficient (Wildman–Crippen LogP) is 1.57. The van der Waals surface area contributed by atoms with Crippen LogP contribution in [0.25, 0.3) is 0 Å². The summed E-state index contributed by atoms with van der Waals surface area (Å²) < 4.78 is 0. The summed E-state index contributed by atoms with van der Waals surface area (Å²) in [6.07, 6.45) is 2.56. The number of nitrogens with zero attached hydrogens (tertiary/aromatic N) is 3. The summed E-state index contributed by atoms with van der Waals surface area (Å²) in [5, 5.41) is 11.8. The van der Waals surface area contributed by atoms with Gasteiger partial charge in [-0.2, -0.15) is 0 Å². The molecule has 2 heterocycles. The van der Waals surface area contributed by atoms with Crippen LogP contribution in [0.2, 0.25) is 5.15 Å². The molecule has 16 heavy (non-hydrogen) atoms. The fraction of sp³-hybridized carbons (Fsp3) is 0.636. The lowest BCUT2D eigenvalue weighted by Crippen LogP contribution is -2.37. The zero-order valence-electron chi connectivity index (χ0n) is 9.49. The molecule has 1 atom stereocenters. The molecule has 0 unspecified atom stereocenters. The molecule has 1 aromatic heterocycles. The maximum atomic E-state index is 5.71. The molecule has 0 radical (unpaired) electrons. The standard InChI is InChI=1S/C11H17ClN4/c1-16(8-9-3-2-6-13-7-9)11-5-4-10(12)14-15-11/h4-5,9,13H,2-3,6-8H2,1H3/t9-/m0/s1. The summed E-state index contributed by atoms with van der Waals surface area (Å²) in [5.41, 5.74) is 0. The quantitative estimate of drug-likeness (QED) is 0.871. The minimum absolute atomic E-state index is 0.441. The Hall–Kier alpha value is -0.870. The molecule has 0 bridgehead atoms. The Bertz CT molecular complexity index is 321. The highest BCUT2D eigenvalue weighted by Crippen LogP contribution is 2.15.